The van der Waals surface area contributed by atoms with Gasteiger partial charge < -0.3 is 9.57 Å². The number of hydrogen-bond acceptors (Lipinski definition) is 6. The maximum absolute atomic E-state index is 12.5. The largest absolute Gasteiger partial charge is 0.432 e. The fraction of sp³-hybridized carbons (Fsp3) is 0.158. The van der Waals surface area contributed by atoms with Crippen molar-refractivity contribution in [1.82, 2.24) is 10.4 Å². The SMILES string of the molecule is CC1(C)ON=C(c2ccc(Cl)cc2)N1NC(=O)Oc1cc2ccccc2s1. The zero-order chi connectivity index (χ0) is 19.0. The number of fused-ring (bicyclic) bond motifs is 1. The van der Waals surface area contributed by atoms with Crippen molar-refractivity contribution in [3.63, 3.8) is 0 Å². The van der Waals surface area contributed by atoms with E-state index in [2.05, 4.69) is 10.6 Å². The van der Waals surface area contributed by atoms with Gasteiger partial charge in [0, 0.05) is 21.4 Å². The van der Waals surface area contributed by atoms with Gasteiger partial charge in [-0.15, -0.1) is 0 Å². The molecule has 1 aliphatic heterocycles. The fourth-order valence-corrected chi connectivity index (χ4v) is 3.71. The number of carbonyl (C=O) groups is 1. The van der Waals surface area contributed by atoms with Crippen LogP contribution in [-0.2, 0) is 4.84 Å². The lowest BCUT2D eigenvalue weighted by Gasteiger charge is -2.30. The Balaban J connectivity index is 1.52. The van der Waals surface area contributed by atoms with Crippen molar-refractivity contribution < 1.29 is 14.4 Å². The van der Waals surface area contributed by atoms with Gasteiger partial charge in [0.25, 0.3) is 0 Å². The number of ether oxygens (including phenoxy) is 1. The molecule has 4 rings (SSSR count). The molecule has 1 aliphatic rings. The van der Waals surface area contributed by atoms with Gasteiger partial charge in [-0.05, 0) is 49.6 Å². The van der Waals surface area contributed by atoms with Crippen LogP contribution in [0.4, 0.5) is 4.79 Å². The van der Waals surface area contributed by atoms with Gasteiger partial charge in [0.2, 0.25) is 5.72 Å². The van der Waals surface area contributed by atoms with Gasteiger partial charge in [-0.3, -0.25) is 0 Å². The minimum absolute atomic E-state index is 0.463. The number of thiophene rings is 1. The maximum atomic E-state index is 12.5. The van der Waals surface area contributed by atoms with Gasteiger partial charge in [-0.2, -0.15) is 0 Å². The molecule has 0 saturated heterocycles. The second kappa shape index (κ2) is 6.75. The summed E-state index contributed by atoms with van der Waals surface area (Å²) < 4.78 is 6.50. The number of nitrogens with one attached hydrogen (secondary N) is 1. The molecule has 27 heavy (non-hydrogen) atoms. The Morgan fingerprint density at radius 2 is 1.96 bits per heavy atom. The number of hydrogen-bond donors (Lipinski definition) is 1. The highest BCUT2D eigenvalue weighted by molar-refractivity contribution is 7.20. The molecule has 3 aromatic rings. The summed E-state index contributed by atoms with van der Waals surface area (Å²) in [7, 11) is 0. The van der Waals surface area contributed by atoms with Gasteiger partial charge >= 0.3 is 6.09 Å². The maximum Gasteiger partial charge on any atom is 0.432 e. The highest BCUT2D eigenvalue weighted by atomic mass is 35.5. The molecular formula is C19H16ClN3O3S. The Morgan fingerprint density at radius 1 is 1.22 bits per heavy atom. The molecule has 138 valence electrons. The molecule has 0 saturated carbocycles. The monoisotopic (exact) mass is 401 g/mol. The smallest absolute Gasteiger partial charge is 0.398 e. The van der Waals surface area contributed by atoms with Gasteiger partial charge in [0.1, 0.15) is 0 Å². The average Bonchev–Trinajstić information content (AvgIpc) is 3.16. The van der Waals surface area contributed by atoms with E-state index >= 15 is 0 Å². The van der Waals surface area contributed by atoms with E-state index in [4.69, 9.17) is 21.2 Å². The molecule has 2 aromatic carbocycles. The van der Waals surface area contributed by atoms with E-state index in [-0.39, 0.29) is 0 Å². The third-order valence-corrected chi connectivity index (χ3v) is 5.25. The topological polar surface area (TPSA) is 63.2 Å². The zero-order valence-electron chi connectivity index (χ0n) is 14.6. The lowest BCUT2D eigenvalue weighted by Crippen LogP contribution is -2.55. The molecule has 6 nitrogen and oxygen atoms in total. The van der Waals surface area contributed by atoms with Crippen LogP contribution in [0, 0.1) is 0 Å². The van der Waals surface area contributed by atoms with Crippen molar-refractivity contribution in [1.29, 1.82) is 0 Å². The first-order valence-corrected chi connectivity index (χ1v) is 9.41. The van der Waals surface area contributed by atoms with Crippen LogP contribution < -0.4 is 10.2 Å². The van der Waals surface area contributed by atoms with Gasteiger partial charge in [0.15, 0.2) is 10.9 Å². The van der Waals surface area contributed by atoms with Crippen molar-refractivity contribution >= 4 is 45.0 Å². The van der Waals surface area contributed by atoms with Crippen LogP contribution in [0.5, 0.6) is 5.06 Å². The van der Waals surface area contributed by atoms with Crippen LogP contribution in [0.3, 0.4) is 0 Å². The molecule has 0 atom stereocenters. The summed E-state index contributed by atoms with van der Waals surface area (Å²) in [5.74, 6) is 0.463. The number of halogens is 1. The van der Waals surface area contributed by atoms with Crippen LogP contribution in [-0.4, -0.2) is 22.7 Å². The van der Waals surface area contributed by atoms with E-state index < -0.39 is 11.8 Å². The van der Waals surface area contributed by atoms with Crippen LogP contribution >= 0.6 is 22.9 Å². The number of carbonyl (C=O) groups excluding carboxylic acids is 1. The predicted molar refractivity (Wildman–Crippen MR) is 106 cm³/mol. The quantitative estimate of drug-likeness (QED) is 0.671. The first-order valence-electron chi connectivity index (χ1n) is 8.22. The van der Waals surface area contributed by atoms with Crippen LogP contribution in [0.2, 0.25) is 5.02 Å². The Hall–Kier alpha value is -2.77. The predicted octanol–water partition coefficient (Wildman–Crippen LogP) is 4.99. The van der Waals surface area contributed by atoms with E-state index in [9.17, 15) is 4.79 Å². The van der Waals surface area contributed by atoms with Crippen molar-refractivity contribution in [3.8, 4) is 5.06 Å². The number of rotatable bonds is 3. The summed E-state index contributed by atoms with van der Waals surface area (Å²) in [6, 6.07) is 16.8. The van der Waals surface area contributed by atoms with Gasteiger partial charge in [0.05, 0.1) is 0 Å². The zero-order valence-corrected chi connectivity index (χ0v) is 16.2. The second-order valence-electron chi connectivity index (χ2n) is 6.40. The summed E-state index contributed by atoms with van der Waals surface area (Å²) in [5.41, 5.74) is 2.60. The molecule has 1 aromatic heterocycles. The Labute approximate surface area is 164 Å². The standard InChI is InChI=1S/C19H16ClN3O3S/c1-19(2)23(17(22-26-19)12-7-9-14(20)10-8-12)21-18(24)25-16-11-13-5-3-4-6-15(13)27-16/h3-11H,1-2H3,(H,21,24). The highest BCUT2D eigenvalue weighted by Gasteiger charge is 2.40. The van der Waals surface area contributed by atoms with E-state index in [1.54, 1.807) is 38.1 Å². The molecule has 0 fully saturated rings. The number of benzene rings is 2. The van der Waals surface area contributed by atoms with E-state index in [1.165, 1.54) is 16.3 Å². The molecule has 0 unspecified atom stereocenters. The summed E-state index contributed by atoms with van der Waals surface area (Å²) in [4.78, 5) is 17.9. The van der Waals surface area contributed by atoms with Crippen LogP contribution in [0.15, 0.2) is 59.8 Å². The number of oxime groups is 1. The summed E-state index contributed by atoms with van der Waals surface area (Å²) in [6.07, 6.45) is -0.623. The molecule has 0 radical (unpaired) electrons. The third kappa shape index (κ3) is 3.56. The third-order valence-electron chi connectivity index (χ3n) is 4.01. The number of nitrogens with zero attached hydrogens (tertiary/aromatic N) is 2. The molecule has 0 spiro atoms. The summed E-state index contributed by atoms with van der Waals surface area (Å²) >= 11 is 7.35. The Bertz CT molecular complexity index is 997. The van der Waals surface area contributed by atoms with Crippen molar-refractivity contribution in [2.24, 2.45) is 5.16 Å². The van der Waals surface area contributed by atoms with Gasteiger partial charge in [-0.1, -0.05) is 46.3 Å². The Kier molecular flexibility index (Phi) is 4.41. The molecule has 0 bridgehead atoms. The molecule has 0 aliphatic carbocycles. The first kappa shape index (κ1) is 17.6. The fourth-order valence-electron chi connectivity index (χ4n) is 2.67. The van der Waals surface area contributed by atoms with Crippen molar-refractivity contribution in [3.05, 3.63) is 65.2 Å². The van der Waals surface area contributed by atoms with E-state index in [0.717, 1.165) is 15.6 Å². The Morgan fingerprint density at radius 3 is 2.70 bits per heavy atom. The second-order valence-corrected chi connectivity index (χ2v) is 7.88. The minimum Gasteiger partial charge on any atom is -0.398 e. The van der Waals surface area contributed by atoms with E-state index in [0.29, 0.717) is 15.9 Å². The molecule has 2 heterocycles. The molecular weight excluding hydrogens is 386 g/mol. The average molecular weight is 402 g/mol. The first-order chi connectivity index (χ1) is 12.9. The molecule has 1 N–H and O–H groups in total. The number of amides is 1. The summed E-state index contributed by atoms with van der Waals surface area (Å²) in [6.45, 7) is 3.58. The van der Waals surface area contributed by atoms with Crippen molar-refractivity contribution in [2.75, 3.05) is 0 Å². The normalized spacial score (nSPS) is 15.4. The lowest BCUT2D eigenvalue weighted by atomic mass is 10.2. The highest BCUT2D eigenvalue weighted by Crippen LogP contribution is 2.32. The van der Waals surface area contributed by atoms with Crippen LogP contribution in [0.25, 0.3) is 10.1 Å². The van der Waals surface area contributed by atoms with E-state index in [1.807, 2.05) is 30.3 Å². The van der Waals surface area contributed by atoms with Crippen molar-refractivity contribution in [2.45, 2.75) is 19.6 Å². The number of amidine groups is 1. The summed E-state index contributed by atoms with van der Waals surface area (Å²) in [5, 5.41) is 7.78. The number of hydrazine groups is 1. The van der Waals surface area contributed by atoms with Crippen LogP contribution in [0.1, 0.15) is 19.4 Å². The lowest BCUT2D eigenvalue weighted by molar-refractivity contribution is -0.0828. The van der Waals surface area contributed by atoms with Gasteiger partial charge in [-0.25, -0.2) is 15.2 Å². The molecule has 1 amide bonds. The minimum atomic E-state index is -0.867. The molecule has 8 heteroatoms.